The fraction of sp³-hybridized carbons (Fsp3) is 0.348. The lowest BCUT2D eigenvalue weighted by Crippen LogP contribution is -2.22. The second-order valence-corrected chi connectivity index (χ2v) is 11.2. The van der Waals surface area contributed by atoms with Crippen LogP contribution in [0.2, 0.25) is 0 Å². The fourth-order valence-electron chi connectivity index (χ4n) is 4.23. The van der Waals surface area contributed by atoms with Gasteiger partial charge in [-0.25, -0.2) is 19.3 Å². The Morgan fingerprint density at radius 1 is 1.36 bits per heavy atom. The van der Waals surface area contributed by atoms with Gasteiger partial charge < -0.3 is 10.4 Å². The summed E-state index contributed by atoms with van der Waals surface area (Å²) in [5.74, 6) is 0.541. The summed E-state index contributed by atoms with van der Waals surface area (Å²) in [5.41, 5.74) is 1.83. The van der Waals surface area contributed by atoms with Crippen molar-refractivity contribution in [1.29, 1.82) is 0 Å². The van der Waals surface area contributed by atoms with Crippen molar-refractivity contribution in [2.24, 2.45) is 11.1 Å². The molecule has 36 heavy (non-hydrogen) atoms. The summed E-state index contributed by atoms with van der Waals surface area (Å²) in [5, 5.41) is 25.2. The van der Waals surface area contributed by atoms with Crippen molar-refractivity contribution in [3.8, 4) is 0 Å². The van der Waals surface area contributed by atoms with Gasteiger partial charge in [0.25, 0.3) is 0 Å². The Labute approximate surface area is 212 Å². The summed E-state index contributed by atoms with van der Waals surface area (Å²) >= 11 is 0. The lowest BCUT2D eigenvalue weighted by atomic mass is 10.1. The van der Waals surface area contributed by atoms with Gasteiger partial charge in [0.1, 0.15) is 18.2 Å². The molecule has 1 aliphatic rings. The number of nitrogens with zero attached hydrogens (tertiary/aromatic N) is 4. The SMILES string of the molecule is C=CS(=O)c1cccc(Cn2ccc(C(O)c3cncnc3N[C@H]3CC[C@@H](COS(N)(=O)=O)C3)n2)c1. The Morgan fingerprint density at radius 3 is 2.97 bits per heavy atom. The third-order valence-electron chi connectivity index (χ3n) is 5.95. The van der Waals surface area contributed by atoms with E-state index in [0.29, 0.717) is 34.9 Å². The van der Waals surface area contributed by atoms with Crippen molar-refractivity contribution in [2.45, 2.75) is 42.8 Å². The zero-order valence-corrected chi connectivity index (χ0v) is 21.1. The number of nitrogens with one attached hydrogen (secondary N) is 1. The zero-order valence-electron chi connectivity index (χ0n) is 19.4. The second kappa shape index (κ2) is 11.4. The van der Waals surface area contributed by atoms with Crippen molar-refractivity contribution in [2.75, 3.05) is 11.9 Å². The van der Waals surface area contributed by atoms with Crippen molar-refractivity contribution in [1.82, 2.24) is 19.7 Å². The maximum Gasteiger partial charge on any atom is 0.333 e. The quantitative estimate of drug-likeness (QED) is 0.334. The molecule has 1 saturated carbocycles. The van der Waals surface area contributed by atoms with Crippen LogP contribution in [0.4, 0.5) is 5.82 Å². The van der Waals surface area contributed by atoms with Crippen LogP contribution in [-0.2, 0) is 31.8 Å². The van der Waals surface area contributed by atoms with Crippen LogP contribution < -0.4 is 10.5 Å². The highest BCUT2D eigenvalue weighted by atomic mass is 32.2. The van der Waals surface area contributed by atoms with E-state index >= 15 is 0 Å². The lowest BCUT2D eigenvalue weighted by molar-refractivity contribution is 0.214. The molecule has 2 heterocycles. The third-order valence-corrected chi connectivity index (χ3v) is 7.44. The van der Waals surface area contributed by atoms with E-state index in [1.165, 1.54) is 11.7 Å². The van der Waals surface area contributed by atoms with E-state index in [-0.39, 0.29) is 18.6 Å². The molecule has 13 heteroatoms. The minimum absolute atomic E-state index is 0.0332. The molecule has 0 amide bonds. The molecule has 4 atom stereocenters. The predicted octanol–water partition coefficient (Wildman–Crippen LogP) is 1.85. The molecule has 11 nitrogen and oxygen atoms in total. The van der Waals surface area contributed by atoms with Gasteiger partial charge in [-0.1, -0.05) is 18.7 Å². The summed E-state index contributed by atoms with van der Waals surface area (Å²) < 4.78 is 40.5. The molecule has 1 fully saturated rings. The van der Waals surface area contributed by atoms with Crippen LogP contribution >= 0.6 is 0 Å². The van der Waals surface area contributed by atoms with E-state index in [9.17, 15) is 17.7 Å². The van der Waals surface area contributed by atoms with Crippen LogP contribution in [0.25, 0.3) is 0 Å². The van der Waals surface area contributed by atoms with Crippen molar-refractivity contribution < 1.29 is 21.9 Å². The smallest absolute Gasteiger partial charge is 0.333 e. The third kappa shape index (κ3) is 6.83. The van der Waals surface area contributed by atoms with Gasteiger partial charge in [0.15, 0.2) is 0 Å². The number of benzene rings is 1. The molecule has 3 aromatic rings. The van der Waals surface area contributed by atoms with Crippen LogP contribution in [-0.4, -0.2) is 50.1 Å². The van der Waals surface area contributed by atoms with Gasteiger partial charge in [0.05, 0.1) is 29.6 Å². The highest BCUT2D eigenvalue weighted by Crippen LogP contribution is 2.31. The van der Waals surface area contributed by atoms with Crippen molar-refractivity contribution in [3.63, 3.8) is 0 Å². The molecule has 192 valence electrons. The summed E-state index contributed by atoms with van der Waals surface area (Å²) in [6.45, 7) is 4.05. The normalized spacial score (nSPS) is 19.6. The number of aliphatic hydroxyl groups is 1. The van der Waals surface area contributed by atoms with Gasteiger partial charge in [-0.15, -0.1) is 0 Å². The highest BCUT2D eigenvalue weighted by Gasteiger charge is 2.28. The standard InChI is InChI=1S/C23H28N6O5S2/c1-2-35(31)19-5-3-4-16(11-19)13-29-9-8-21(28-29)22(30)20-12-25-15-26-23(20)27-18-7-6-17(10-18)14-34-36(24,32)33/h2-5,8-9,11-12,15,17-18,22,30H,1,6-7,10,13-14H2,(H2,24,32,33)(H,25,26,27)/t17-,18+,22?,35?/m1/s1. The number of aromatic nitrogens is 4. The van der Waals surface area contributed by atoms with E-state index in [1.54, 1.807) is 29.2 Å². The number of hydrogen-bond acceptors (Lipinski definition) is 9. The number of anilines is 1. The average molecular weight is 533 g/mol. The van der Waals surface area contributed by atoms with Crippen LogP contribution in [0, 0.1) is 5.92 Å². The van der Waals surface area contributed by atoms with E-state index in [2.05, 4.69) is 27.0 Å². The van der Waals surface area contributed by atoms with Crippen LogP contribution in [0.15, 0.2) is 65.9 Å². The first-order valence-corrected chi connectivity index (χ1v) is 14.0. The van der Waals surface area contributed by atoms with Gasteiger partial charge in [-0.2, -0.15) is 13.5 Å². The van der Waals surface area contributed by atoms with Crippen molar-refractivity contribution >= 4 is 26.9 Å². The second-order valence-electron chi connectivity index (χ2n) is 8.58. The molecule has 2 aromatic heterocycles. The summed E-state index contributed by atoms with van der Waals surface area (Å²) in [7, 11) is -5.23. The van der Waals surface area contributed by atoms with Crippen LogP contribution in [0.1, 0.15) is 42.2 Å². The van der Waals surface area contributed by atoms with Crippen molar-refractivity contribution in [3.05, 3.63) is 77.9 Å². The predicted molar refractivity (Wildman–Crippen MR) is 134 cm³/mol. The molecule has 0 saturated heterocycles. The Kier molecular flexibility index (Phi) is 8.26. The number of nitrogens with two attached hydrogens (primary N) is 1. The average Bonchev–Trinajstić information content (AvgIpc) is 3.51. The number of aliphatic hydroxyl groups excluding tert-OH is 1. The molecule has 1 aromatic carbocycles. The lowest BCUT2D eigenvalue weighted by Gasteiger charge is -2.18. The maximum atomic E-state index is 12.0. The summed E-state index contributed by atoms with van der Waals surface area (Å²) in [6, 6.07) is 9.13. The first-order valence-electron chi connectivity index (χ1n) is 11.3. The Bertz CT molecular complexity index is 1350. The van der Waals surface area contributed by atoms with E-state index < -0.39 is 27.2 Å². The van der Waals surface area contributed by atoms with E-state index in [4.69, 9.17) is 9.32 Å². The molecule has 0 aliphatic heterocycles. The number of hydrogen-bond donors (Lipinski definition) is 3. The number of rotatable bonds is 11. The molecule has 0 radical (unpaired) electrons. The van der Waals surface area contributed by atoms with E-state index in [1.807, 2.05) is 18.2 Å². The molecule has 0 spiro atoms. The first kappa shape index (κ1) is 26.1. The molecular weight excluding hydrogens is 504 g/mol. The monoisotopic (exact) mass is 532 g/mol. The van der Waals surface area contributed by atoms with Gasteiger partial charge >= 0.3 is 10.3 Å². The fourth-order valence-corrected chi connectivity index (χ4v) is 5.28. The summed E-state index contributed by atoms with van der Waals surface area (Å²) in [6.07, 6.45) is 5.90. The van der Waals surface area contributed by atoms with Gasteiger partial charge in [-0.3, -0.25) is 8.86 Å². The zero-order chi connectivity index (χ0) is 25.7. The Balaban J connectivity index is 1.42. The first-order chi connectivity index (χ1) is 17.2. The minimum Gasteiger partial charge on any atom is -0.382 e. The van der Waals surface area contributed by atoms with Gasteiger partial charge in [0.2, 0.25) is 0 Å². The highest BCUT2D eigenvalue weighted by molar-refractivity contribution is 7.88. The molecule has 1 aliphatic carbocycles. The van der Waals surface area contributed by atoms with Gasteiger partial charge in [-0.05, 0) is 48.9 Å². The summed E-state index contributed by atoms with van der Waals surface area (Å²) in [4.78, 5) is 9.03. The van der Waals surface area contributed by atoms with E-state index in [0.717, 1.165) is 18.4 Å². The van der Waals surface area contributed by atoms with Crippen LogP contribution in [0.5, 0.6) is 0 Å². The Morgan fingerprint density at radius 2 is 2.19 bits per heavy atom. The Hall–Kier alpha value is -2.97. The minimum atomic E-state index is -3.96. The van der Waals surface area contributed by atoms with Gasteiger partial charge in [0, 0.05) is 34.3 Å². The topological polar surface area (TPSA) is 162 Å². The molecule has 0 bridgehead atoms. The van der Waals surface area contributed by atoms with Crippen LogP contribution in [0.3, 0.4) is 0 Å². The molecule has 4 rings (SSSR count). The molecule has 2 unspecified atom stereocenters. The molecular formula is C23H28N6O5S2. The largest absolute Gasteiger partial charge is 0.382 e. The maximum absolute atomic E-state index is 12.0. The molecule has 4 N–H and O–H groups in total.